The van der Waals surface area contributed by atoms with Crippen LogP contribution in [0.2, 0.25) is 5.02 Å². The monoisotopic (exact) mass is 536 g/mol. The molecule has 1 aromatic carbocycles. The summed E-state index contributed by atoms with van der Waals surface area (Å²) in [6, 6.07) is 7.62. The van der Waals surface area contributed by atoms with Crippen molar-refractivity contribution in [2.45, 2.75) is 12.6 Å². The fourth-order valence-electron chi connectivity index (χ4n) is 4.01. The van der Waals surface area contributed by atoms with Crippen LogP contribution in [0.1, 0.15) is 22.5 Å². The molecule has 1 saturated heterocycles. The Balaban J connectivity index is 1.50. The Morgan fingerprint density at radius 1 is 1.14 bits per heavy atom. The van der Waals surface area contributed by atoms with Gasteiger partial charge in [0.1, 0.15) is 0 Å². The third kappa shape index (κ3) is 4.24. The maximum atomic E-state index is 14.1. The van der Waals surface area contributed by atoms with Gasteiger partial charge in [0.25, 0.3) is 5.91 Å². The van der Waals surface area contributed by atoms with Gasteiger partial charge in [-0.15, -0.1) is 0 Å². The molecule has 9 nitrogen and oxygen atoms in total. The van der Waals surface area contributed by atoms with Gasteiger partial charge < -0.3 is 5.32 Å². The van der Waals surface area contributed by atoms with Gasteiger partial charge in [0.15, 0.2) is 11.5 Å². The Bertz CT molecular complexity index is 1600. The number of sulfonamides is 1. The topological polar surface area (TPSA) is 110 Å². The fourth-order valence-corrected chi connectivity index (χ4v) is 5.86. The lowest BCUT2D eigenvalue weighted by Gasteiger charge is -2.17. The summed E-state index contributed by atoms with van der Waals surface area (Å²) in [5.41, 5.74) is -1.89. The van der Waals surface area contributed by atoms with E-state index in [2.05, 4.69) is 20.4 Å². The number of fused-ring (bicyclic) bond motifs is 1. The van der Waals surface area contributed by atoms with Crippen molar-refractivity contribution in [3.8, 4) is 5.69 Å². The molecule has 1 amide bonds. The number of aromatic nitrogens is 4. The average Bonchev–Trinajstić information content (AvgIpc) is 3.42. The van der Waals surface area contributed by atoms with Crippen LogP contribution in [0.4, 0.5) is 24.7 Å². The largest absolute Gasteiger partial charge is 0.434 e. The van der Waals surface area contributed by atoms with Gasteiger partial charge in [-0.25, -0.2) is 18.1 Å². The van der Waals surface area contributed by atoms with Gasteiger partial charge in [-0.1, -0.05) is 23.7 Å². The number of rotatable bonds is 4. The maximum Gasteiger partial charge on any atom is 0.434 e. The van der Waals surface area contributed by atoms with E-state index in [-0.39, 0.29) is 34.5 Å². The lowest BCUT2D eigenvalue weighted by Crippen LogP contribution is -2.26. The summed E-state index contributed by atoms with van der Waals surface area (Å²) in [6.07, 6.45) is 0.381. The normalized spacial score (nSPS) is 15.4. The third-order valence-corrected chi connectivity index (χ3v) is 7.70. The standard InChI is InChI=1S/C22H16ClF3N6O3S/c23-17-9-14(10-28-20(17)31-7-2-8-36(31,34)35)30-21(33)16-12-29-32(19(16)22(24,25)26)18-4-1-3-13-5-6-27-11-15(13)18/h1,3-6,9-12H,2,7-8H2,(H,30,33). The summed E-state index contributed by atoms with van der Waals surface area (Å²) in [4.78, 5) is 20.9. The first-order valence-electron chi connectivity index (χ1n) is 10.5. The Morgan fingerprint density at radius 2 is 1.94 bits per heavy atom. The number of amides is 1. The molecule has 4 heterocycles. The van der Waals surface area contributed by atoms with Crippen molar-refractivity contribution in [2.75, 3.05) is 21.9 Å². The number of carbonyl (C=O) groups is 1. The van der Waals surface area contributed by atoms with Crippen LogP contribution in [0, 0.1) is 0 Å². The van der Waals surface area contributed by atoms with Crippen LogP contribution in [0.5, 0.6) is 0 Å². The van der Waals surface area contributed by atoms with Crippen molar-refractivity contribution in [2.24, 2.45) is 0 Å². The zero-order valence-electron chi connectivity index (χ0n) is 18.2. The van der Waals surface area contributed by atoms with Crippen LogP contribution in [0.3, 0.4) is 0 Å². The predicted octanol–water partition coefficient (Wildman–Crippen LogP) is 4.28. The molecule has 0 spiro atoms. The molecule has 0 atom stereocenters. The SMILES string of the molecule is O=C(Nc1cnc(N2CCCS2(=O)=O)c(Cl)c1)c1cnn(-c2cccc3ccncc23)c1C(F)(F)F. The number of alkyl halides is 3. The second-order valence-electron chi connectivity index (χ2n) is 7.92. The minimum Gasteiger partial charge on any atom is -0.320 e. The zero-order valence-corrected chi connectivity index (χ0v) is 19.8. The molecule has 0 saturated carbocycles. The smallest absolute Gasteiger partial charge is 0.320 e. The van der Waals surface area contributed by atoms with Crippen molar-refractivity contribution in [1.29, 1.82) is 0 Å². The van der Waals surface area contributed by atoms with Crippen molar-refractivity contribution in [3.63, 3.8) is 0 Å². The Labute approximate surface area is 207 Å². The van der Waals surface area contributed by atoms with Crippen molar-refractivity contribution in [1.82, 2.24) is 19.7 Å². The number of nitrogens with one attached hydrogen (secondary N) is 1. The number of hydrogen-bond donors (Lipinski definition) is 1. The molecular formula is C22H16ClF3N6O3S. The molecule has 4 aromatic rings. The highest BCUT2D eigenvalue weighted by atomic mass is 35.5. The molecule has 0 radical (unpaired) electrons. The van der Waals surface area contributed by atoms with E-state index in [9.17, 15) is 26.4 Å². The molecule has 3 aromatic heterocycles. The summed E-state index contributed by atoms with van der Waals surface area (Å²) in [7, 11) is -3.54. The number of carbonyl (C=O) groups excluding carboxylic acids is 1. The second-order valence-corrected chi connectivity index (χ2v) is 10.3. The summed E-state index contributed by atoms with van der Waals surface area (Å²) >= 11 is 6.19. The maximum absolute atomic E-state index is 14.1. The quantitative estimate of drug-likeness (QED) is 0.417. The van der Waals surface area contributed by atoms with Crippen LogP contribution in [0.15, 0.2) is 55.1 Å². The highest BCUT2D eigenvalue weighted by Crippen LogP contribution is 2.36. The first-order chi connectivity index (χ1) is 17.1. The van der Waals surface area contributed by atoms with E-state index >= 15 is 0 Å². The lowest BCUT2D eigenvalue weighted by atomic mass is 10.1. The van der Waals surface area contributed by atoms with Gasteiger partial charge in [-0.3, -0.25) is 14.1 Å². The molecule has 1 aliphatic heterocycles. The zero-order chi connectivity index (χ0) is 25.7. The van der Waals surface area contributed by atoms with E-state index in [1.54, 1.807) is 18.2 Å². The third-order valence-electron chi connectivity index (χ3n) is 5.59. The molecule has 5 rings (SSSR count). The number of nitrogens with zero attached hydrogens (tertiary/aromatic N) is 5. The number of anilines is 2. The lowest BCUT2D eigenvalue weighted by molar-refractivity contribution is -0.143. The van der Waals surface area contributed by atoms with Crippen molar-refractivity contribution in [3.05, 3.63) is 71.4 Å². The highest BCUT2D eigenvalue weighted by Gasteiger charge is 2.41. The van der Waals surface area contributed by atoms with E-state index in [4.69, 9.17) is 11.6 Å². The van der Waals surface area contributed by atoms with Crippen LogP contribution >= 0.6 is 11.6 Å². The average molecular weight is 537 g/mol. The van der Waals surface area contributed by atoms with E-state index in [0.717, 1.165) is 16.7 Å². The molecule has 14 heteroatoms. The van der Waals surface area contributed by atoms with Gasteiger partial charge in [0.2, 0.25) is 10.0 Å². The number of pyridine rings is 2. The number of halogens is 4. The summed E-state index contributed by atoms with van der Waals surface area (Å²) in [6.45, 7) is 0.207. The molecule has 1 fully saturated rings. The number of hydrogen-bond acceptors (Lipinski definition) is 6. The molecule has 0 unspecified atom stereocenters. The molecule has 1 aliphatic rings. The van der Waals surface area contributed by atoms with Gasteiger partial charge in [0.05, 0.1) is 40.1 Å². The first kappa shape index (κ1) is 24.0. The summed E-state index contributed by atoms with van der Waals surface area (Å²) < 4.78 is 68.4. The minimum atomic E-state index is -4.92. The summed E-state index contributed by atoms with van der Waals surface area (Å²) in [5.74, 6) is -1.15. The van der Waals surface area contributed by atoms with Crippen LogP contribution in [-0.4, -0.2) is 46.4 Å². The van der Waals surface area contributed by atoms with Gasteiger partial charge in [0, 0.05) is 24.3 Å². The van der Waals surface area contributed by atoms with Gasteiger partial charge in [-0.05, 0) is 30.0 Å². The van der Waals surface area contributed by atoms with Crippen LogP contribution < -0.4 is 9.62 Å². The van der Waals surface area contributed by atoms with Gasteiger partial charge in [-0.2, -0.15) is 18.3 Å². The van der Waals surface area contributed by atoms with E-state index in [1.165, 1.54) is 24.5 Å². The Morgan fingerprint density at radius 3 is 2.64 bits per heavy atom. The Hall–Kier alpha value is -3.71. The predicted molar refractivity (Wildman–Crippen MR) is 127 cm³/mol. The molecule has 36 heavy (non-hydrogen) atoms. The van der Waals surface area contributed by atoms with Crippen molar-refractivity contribution < 1.29 is 26.4 Å². The Kier molecular flexibility index (Phi) is 5.83. The fraction of sp³-hybridized carbons (Fsp3) is 0.182. The van der Waals surface area contributed by atoms with Crippen LogP contribution in [0.25, 0.3) is 16.5 Å². The summed E-state index contributed by atoms with van der Waals surface area (Å²) in [5, 5.41) is 7.19. The second kappa shape index (κ2) is 8.75. The molecule has 1 N–H and O–H groups in total. The first-order valence-corrected chi connectivity index (χ1v) is 12.5. The molecule has 186 valence electrons. The van der Waals surface area contributed by atoms with Crippen LogP contribution in [-0.2, 0) is 16.2 Å². The molecule has 0 bridgehead atoms. The van der Waals surface area contributed by atoms with Gasteiger partial charge >= 0.3 is 6.18 Å². The van der Waals surface area contributed by atoms with Crippen molar-refractivity contribution >= 4 is 49.8 Å². The molecule has 0 aliphatic carbocycles. The minimum absolute atomic E-state index is 0.0134. The van der Waals surface area contributed by atoms with E-state index < -0.39 is 33.4 Å². The highest BCUT2D eigenvalue weighted by molar-refractivity contribution is 7.93. The number of benzene rings is 1. The van der Waals surface area contributed by atoms with E-state index in [1.807, 2.05) is 0 Å². The molecular weight excluding hydrogens is 521 g/mol. The van der Waals surface area contributed by atoms with E-state index in [0.29, 0.717) is 21.9 Å².